The highest BCUT2D eigenvalue weighted by Gasteiger charge is 2.68. The van der Waals surface area contributed by atoms with Gasteiger partial charge in [0.2, 0.25) is 0 Å². The summed E-state index contributed by atoms with van der Waals surface area (Å²) in [6, 6.07) is 0. The Kier molecular flexibility index (Phi) is 4.34. The quantitative estimate of drug-likeness (QED) is 0.720. The lowest BCUT2D eigenvalue weighted by atomic mass is 9.47. The summed E-state index contributed by atoms with van der Waals surface area (Å²) in [6.07, 6.45) is 0.605. The zero-order valence-electron chi connectivity index (χ0n) is 14.7. The zero-order valence-corrected chi connectivity index (χ0v) is 15.5. The molecule has 0 bridgehead atoms. The minimum absolute atomic E-state index is 0.0659. The highest BCUT2D eigenvalue weighted by Crippen LogP contribution is 2.74. The molecule has 1 rings (SSSR count). The summed E-state index contributed by atoms with van der Waals surface area (Å²) < 4.78 is 25.1. The lowest BCUT2D eigenvalue weighted by Crippen LogP contribution is -2.47. The summed E-state index contributed by atoms with van der Waals surface area (Å²) in [4.78, 5) is 0. The zero-order chi connectivity index (χ0) is 16.2. The monoisotopic (exact) mass is 296 g/mol. The minimum atomic E-state index is -3.28. The standard InChI is InChI=1S/C15H30B2O2S/c1-10-14(8,16-12(3,4)5)20(18,19)17-15(9)11(2)13(15,6)7/h11H,10H2,1-9H3. The topological polar surface area (TPSA) is 34.1 Å². The maximum Gasteiger partial charge on any atom is 0.286 e. The molecule has 0 amide bonds. The second-order valence-corrected chi connectivity index (χ2v) is 10.8. The Morgan fingerprint density at radius 1 is 1.10 bits per heavy atom. The van der Waals surface area contributed by atoms with Crippen LogP contribution < -0.4 is 0 Å². The Morgan fingerprint density at radius 3 is 1.75 bits per heavy atom. The van der Waals surface area contributed by atoms with Crippen molar-refractivity contribution in [3.8, 4) is 0 Å². The van der Waals surface area contributed by atoms with Crippen molar-refractivity contribution in [3.63, 3.8) is 0 Å². The van der Waals surface area contributed by atoms with Gasteiger partial charge in [-0.25, -0.2) is 8.42 Å². The fourth-order valence-electron chi connectivity index (χ4n) is 3.33. The first-order chi connectivity index (χ1) is 8.63. The molecule has 0 aromatic heterocycles. The fraction of sp³-hybridized carbons (Fsp3) is 1.00. The van der Waals surface area contributed by atoms with Crippen molar-refractivity contribution in [1.29, 1.82) is 0 Å². The molecule has 0 aliphatic heterocycles. The third kappa shape index (κ3) is 2.84. The van der Waals surface area contributed by atoms with Gasteiger partial charge < -0.3 is 0 Å². The third-order valence-corrected chi connectivity index (χ3v) is 8.28. The molecule has 0 N–H and O–H groups in total. The van der Waals surface area contributed by atoms with E-state index in [4.69, 9.17) is 0 Å². The van der Waals surface area contributed by atoms with Crippen LogP contribution in [0.2, 0.25) is 10.6 Å². The van der Waals surface area contributed by atoms with E-state index in [-0.39, 0.29) is 16.0 Å². The Hall–Kier alpha value is 0.0799. The van der Waals surface area contributed by atoms with E-state index >= 15 is 0 Å². The fourth-order valence-corrected chi connectivity index (χ4v) is 5.67. The van der Waals surface area contributed by atoms with Gasteiger partial charge in [0.1, 0.15) is 7.28 Å². The van der Waals surface area contributed by atoms with Gasteiger partial charge in [-0.2, -0.15) is 0 Å². The van der Waals surface area contributed by atoms with Gasteiger partial charge in [0.05, 0.1) is 9.69 Å². The molecule has 0 spiro atoms. The molecular weight excluding hydrogens is 266 g/mol. The van der Waals surface area contributed by atoms with Crippen LogP contribution >= 0.6 is 0 Å². The molecule has 1 aliphatic carbocycles. The first-order valence-electron chi connectivity index (χ1n) is 7.60. The highest BCUT2D eigenvalue weighted by molar-refractivity contribution is 8.17. The summed E-state index contributed by atoms with van der Waals surface area (Å²) >= 11 is 0. The average Bonchev–Trinajstić information content (AvgIpc) is 2.58. The van der Waals surface area contributed by atoms with Crippen molar-refractivity contribution in [2.75, 3.05) is 0 Å². The smallest absolute Gasteiger partial charge is 0.242 e. The average molecular weight is 296 g/mol. The van der Waals surface area contributed by atoms with Crippen LogP contribution in [-0.4, -0.2) is 26.9 Å². The van der Waals surface area contributed by atoms with E-state index < -0.39 is 14.3 Å². The van der Waals surface area contributed by atoms with Gasteiger partial charge in [-0.15, -0.1) is 0 Å². The van der Waals surface area contributed by atoms with Crippen LogP contribution in [0.3, 0.4) is 0 Å². The SMILES string of the molecule is CCC(C)([B]C(C)(C)C)S(=O)(=O)[B]C1(C)C(C)C1(C)C. The van der Waals surface area contributed by atoms with Crippen molar-refractivity contribution < 1.29 is 8.42 Å². The molecule has 1 aliphatic rings. The van der Waals surface area contributed by atoms with Crippen LogP contribution in [0.25, 0.3) is 0 Å². The van der Waals surface area contributed by atoms with Gasteiger partial charge in [-0.3, -0.25) is 0 Å². The van der Waals surface area contributed by atoms with Crippen molar-refractivity contribution in [3.05, 3.63) is 0 Å². The molecule has 0 aromatic carbocycles. The van der Waals surface area contributed by atoms with Crippen molar-refractivity contribution in [1.82, 2.24) is 0 Å². The molecule has 1 saturated carbocycles. The second-order valence-electron chi connectivity index (χ2n) is 8.57. The summed E-state index contributed by atoms with van der Waals surface area (Å²) in [5.41, 5.74) is 0.0659. The Labute approximate surface area is 127 Å². The summed E-state index contributed by atoms with van der Waals surface area (Å²) in [7, 11) is -1.29. The summed E-state index contributed by atoms with van der Waals surface area (Å²) in [6.45, 7) is 20.2. The van der Waals surface area contributed by atoms with Gasteiger partial charge in [-0.1, -0.05) is 67.6 Å². The molecular formula is C15H30B2O2S. The first kappa shape index (κ1) is 18.1. The molecule has 114 valence electrons. The predicted octanol–water partition coefficient (Wildman–Crippen LogP) is 3.92. The molecule has 5 heteroatoms. The molecule has 3 atom stereocenters. The normalized spacial score (nSPS) is 32.4. The Bertz CT molecular complexity index is 479. The van der Waals surface area contributed by atoms with Crippen LogP contribution in [-0.2, 0) is 9.69 Å². The van der Waals surface area contributed by atoms with Gasteiger partial charge in [0.15, 0.2) is 0 Å². The van der Waals surface area contributed by atoms with E-state index in [0.717, 1.165) is 0 Å². The highest BCUT2D eigenvalue weighted by atomic mass is 32.2. The van der Waals surface area contributed by atoms with Crippen LogP contribution in [0, 0.1) is 11.3 Å². The number of rotatable bonds is 5. The molecule has 0 heterocycles. The van der Waals surface area contributed by atoms with Crippen LogP contribution in [0.15, 0.2) is 0 Å². The molecule has 2 nitrogen and oxygen atoms in total. The van der Waals surface area contributed by atoms with E-state index in [2.05, 4.69) is 48.5 Å². The Morgan fingerprint density at radius 2 is 1.50 bits per heavy atom. The van der Waals surface area contributed by atoms with Gasteiger partial charge in [0, 0.05) is 4.65 Å². The van der Waals surface area contributed by atoms with Crippen LogP contribution in [0.5, 0.6) is 0 Å². The molecule has 2 radical (unpaired) electrons. The van der Waals surface area contributed by atoms with Crippen molar-refractivity contribution in [2.24, 2.45) is 11.3 Å². The van der Waals surface area contributed by atoms with Gasteiger partial charge in [-0.05, 0) is 23.1 Å². The van der Waals surface area contributed by atoms with E-state index in [1.54, 1.807) is 6.56 Å². The summed E-state index contributed by atoms with van der Waals surface area (Å²) in [5.74, 6) is 0.403. The van der Waals surface area contributed by atoms with Crippen LogP contribution in [0.4, 0.5) is 0 Å². The maximum absolute atomic E-state index is 13.0. The largest absolute Gasteiger partial charge is 0.286 e. The van der Waals surface area contributed by atoms with Gasteiger partial charge in [0.25, 0.3) is 6.56 Å². The number of hydrogen-bond donors (Lipinski definition) is 0. The number of hydrogen-bond acceptors (Lipinski definition) is 2. The molecule has 1 fully saturated rings. The maximum atomic E-state index is 13.0. The third-order valence-electron chi connectivity index (χ3n) is 5.78. The first-order valence-corrected chi connectivity index (χ1v) is 9.15. The second kappa shape index (κ2) is 4.79. The summed E-state index contributed by atoms with van der Waals surface area (Å²) in [5, 5.41) is -0.328. The van der Waals surface area contributed by atoms with E-state index in [1.165, 1.54) is 0 Å². The van der Waals surface area contributed by atoms with Gasteiger partial charge >= 0.3 is 0 Å². The van der Waals surface area contributed by atoms with Crippen LogP contribution in [0.1, 0.15) is 68.7 Å². The lowest BCUT2D eigenvalue weighted by molar-refractivity contribution is 0.559. The molecule has 3 unspecified atom stereocenters. The Balaban J connectivity index is 3.04. The van der Waals surface area contributed by atoms with Crippen molar-refractivity contribution in [2.45, 2.75) is 84.0 Å². The van der Waals surface area contributed by atoms with E-state index in [0.29, 0.717) is 12.3 Å². The molecule has 0 aromatic rings. The minimum Gasteiger partial charge on any atom is -0.242 e. The molecule has 0 saturated heterocycles. The van der Waals surface area contributed by atoms with E-state index in [9.17, 15) is 8.42 Å². The van der Waals surface area contributed by atoms with E-state index in [1.807, 2.05) is 21.1 Å². The lowest BCUT2D eigenvalue weighted by Gasteiger charge is -2.35. The predicted molar refractivity (Wildman–Crippen MR) is 90.2 cm³/mol. The molecule has 20 heavy (non-hydrogen) atoms. The van der Waals surface area contributed by atoms with Crippen molar-refractivity contribution >= 4 is 23.5 Å².